The lowest BCUT2D eigenvalue weighted by atomic mass is 10.0. The number of pyridine rings is 1. The van der Waals surface area contributed by atoms with E-state index in [1.807, 2.05) is 24.3 Å². The Morgan fingerprint density at radius 3 is 2.82 bits per heavy atom. The summed E-state index contributed by atoms with van der Waals surface area (Å²) in [7, 11) is 1.56. The number of hydrogen-bond donors (Lipinski definition) is 3. The molecule has 0 radical (unpaired) electrons. The lowest BCUT2D eigenvalue weighted by molar-refractivity contribution is -0.123. The van der Waals surface area contributed by atoms with Crippen molar-refractivity contribution in [1.29, 1.82) is 0 Å². The normalized spacial score (nSPS) is 21.1. The number of aromatic nitrogens is 3. The van der Waals surface area contributed by atoms with Gasteiger partial charge in [-0.25, -0.2) is 4.98 Å². The smallest absolute Gasteiger partial charge is 0.258 e. The number of carbonyl (C=O) groups excluding carboxylic acids is 1. The molecule has 1 saturated heterocycles. The van der Waals surface area contributed by atoms with Crippen molar-refractivity contribution >= 4 is 28.6 Å². The highest BCUT2D eigenvalue weighted by atomic mass is 32.2. The van der Waals surface area contributed by atoms with Crippen LogP contribution in [0.5, 0.6) is 0 Å². The van der Waals surface area contributed by atoms with Gasteiger partial charge >= 0.3 is 0 Å². The van der Waals surface area contributed by atoms with Gasteiger partial charge in [-0.15, -0.1) is 11.8 Å². The van der Waals surface area contributed by atoms with Crippen LogP contribution in [-0.4, -0.2) is 75.1 Å². The van der Waals surface area contributed by atoms with Crippen LogP contribution in [0.2, 0.25) is 0 Å². The number of para-hydroxylation sites is 1. The molecule has 34 heavy (non-hydrogen) atoms. The average molecular weight is 484 g/mol. The molecule has 0 bridgehead atoms. The number of ether oxygens (including phenoxy) is 1. The van der Waals surface area contributed by atoms with E-state index in [9.17, 15) is 9.59 Å². The minimum atomic E-state index is -0.630. The van der Waals surface area contributed by atoms with Crippen molar-refractivity contribution in [1.82, 2.24) is 24.8 Å². The molecule has 0 spiro atoms. The molecule has 9 nitrogen and oxygen atoms in total. The summed E-state index contributed by atoms with van der Waals surface area (Å²) in [5.41, 5.74) is 1.19. The lowest BCUT2D eigenvalue weighted by Crippen LogP contribution is -2.48. The van der Waals surface area contributed by atoms with Crippen LogP contribution in [0.3, 0.4) is 0 Å². The Hall–Kier alpha value is -2.66. The number of hydrogen-bond acceptors (Lipinski definition) is 7. The summed E-state index contributed by atoms with van der Waals surface area (Å²) in [5, 5.41) is 12.7. The molecule has 2 unspecified atom stereocenters. The molecular weight excluding hydrogens is 454 g/mol. The van der Waals surface area contributed by atoms with E-state index in [-0.39, 0.29) is 24.1 Å². The van der Waals surface area contributed by atoms with Gasteiger partial charge in [0, 0.05) is 55.5 Å². The Morgan fingerprint density at radius 1 is 1.32 bits per heavy atom. The summed E-state index contributed by atoms with van der Waals surface area (Å²) in [6.45, 7) is 2.81. The van der Waals surface area contributed by atoms with Crippen LogP contribution in [0.4, 0.5) is 0 Å². The number of amides is 1. The topological polar surface area (TPSA) is 112 Å². The highest BCUT2D eigenvalue weighted by molar-refractivity contribution is 8.01. The molecule has 3 aromatic rings. The molecule has 2 aliphatic heterocycles. The second kappa shape index (κ2) is 9.91. The van der Waals surface area contributed by atoms with Crippen molar-refractivity contribution in [3.05, 3.63) is 58.4 Å². The minimum absolute atomic E-state index is 0.0802. The fourth-order valence-corrected chi connectivity index (χ4v) is 6.40. The van der Waals surface area contributed by atoms with E-state index in [1.54, 1.807) is 24.1 Å². The number of nitrogens with zero attached hydrogens (tertiary/aromatic N) is 3. The number of imidazole rings is 1. The highest BCUT2D eigenvalue weighted by Crippen LogP contribution is 2.47. The first-order valence-corrected chi connectivity index (χ1v) is 12.5. The van der Waals surface area contributed by atoms with Gasteiger partial charge in [0.1, 0.15) is 17.2 Å². The molecule has 2 aromatic heterocycles. The highest BCUT2D eigenvalue weighted by Gasteiger charge is 2.43. The van der Waals surface area contributed by atoms with E-state index in [1.165, 1.54) is 11.8 Å². The first-order valence-electron chi connectivity index (χ1n) is 11.6. The van der Waals surface area contributed by atoms with Gasteiger partial charge in [-0.2, -0.15) is 0 Å². The second-order valence-corrected chi connectivity index (χ2v) is 9.88. The summed E-state index contributed by atoms with van der Waals surface area (Å²) in [6, 6.07) is 7.85. The second-order valence-electron chi connectivity index (χ2n) is 8.73. The third-order valence-electron chi connectivity index (χ3n) is 6.69. The van der Waals surface area contributed by atoms with Crippen LogP contribution < -0.4 is 10.9 Å². The first-order chi connectivity index (χ1) is 16.6. The number of aliphatic hydroxyl groups excluding tert-OH is 1. The number of aliphatic hydroxyl groups is 1. The van der Waals surface area contributed by atoms with Gasteiger partial charge < -0.3 is 29.6 Å². The number of fused-ring (bicyclic) bond motifs is 3. The maximum Gasteiger partial charge on any atom is 0.258 e. The maximum absolute atomic E-state index is 13.7. The number of β-amino-alcohol motifs (C(OH)–C–C–N with tert-alkyl or cyclic N) is 1. The number of thioether (sulfide) groups is 1. The fraction of sp³-hybridized carbons (Fsp3) is 0.458. The van der Waals surface area contributed by atoms with Crippen LogP contribution in [0.1, 0.15) is 30.3 Å². The zero-order valence-electron chi connectivity index (χ0n) is 19.1. The predicted molar refractivity (Wildman–Crippen MR) is 130 cm³/mol. The van der Waals surface area contributed by atoms with Crippen molar-refractivity contribution in [3.8, 4) is 0 Å². The van der Waals surface area contributed by atoms with Gasteiger partial charge in [-0.3, -0.25) is 9.59 Å². The van der Waals surface area contributed by atoms with E-state index in [0.717, 1.165) is 41.7 Å². The van der Waals surface area contributed by atoms with E-state index in [2.05, 4.69) is 20.2 Å². The average Bonchev–Trinajstić information content (AvgIpc) is 3.51. The number of aromatic amines is 1. The summed E-state index contributed by atoms with van der Waals surface area (Å²) < 4.78 is 7.48. The standard InChI is InChI=1S/C24H29N5O4S/c1-33-20-19-21(34-22(20)23(31)27-15-6-10-28(11-7-15)12-13-30)16-4-2-3-5-17(16)29(24(19)32)14-18-25-8-9-26-18/h2-5,8-9,15,20,22,30H,6-7,10-14H2,1H3,(H,25,26)(H,27,31). The molecule has 1 fully saturated rings. The molecule has 2 aliphatic rings. The quantitative estimate of drug-likeness (QED) is 0.467. The molecule has 1 aromatic carbocycles. The molecule has 3 N–H and O–H groups in total. The molecule has 2 atom stereocenters. The van der Waals surface area contributed by atoms with Gasteiger partial charge in [-0.05, 0) is 18.9 Å². The van der Waals surface area contributed by atoms with Crippen LogP contribution >= 0.6 is 11.8 Å². The van der Waals surface area contributed by atoms with E-state index in [4.69, 9.17) is 9.84 Å². The molecular formula is C24H29N5O4S. The summed E-state index contributed by atoms with van der Waals surface area (Å²) >= 11 is 1.42. The number of nitrogens with one attached hydrogen (secondary N) is 2. The minimum Gasteiger partial charge on any atom is -0.395 e. The van der Waals surface area contributed by atoms with E-state index in [0.29, 0.717) is 24.5 Å². The summed E-state index contributed by atoms with van der Waals surface area (Å²) in [4.78, 5) is 37.4. The van der Waals surface area contributed by atoms with Gasteiger partial charge in [0.25, 0.3) is 5.56 Å². The van der Waals surface area contributed by atoms with Crippen LogP contribution in [0, 0.1) is 0 Å². The van der Waals surface area contributed by atoms with Gasteiger partial charge in [0.2, 0.25) is 5.91 Å². The SMILES string of the molecule is COC1c2c(c3ccccc3n(Cc3ncc[nH]3)c2=O)SC1C(=O)NC1CCN(CCO)CC1. The maximum atomic E-state index is 13.7. The zero-order chi connectivity index (χ0) is 23.7. The fourth-order valence-electron chi connectivity index (χ4n) is 4.97. The third kappa shape index (κ3) is 4.26. The number of likely N-dealkylation sites (tertiary alicyclic amines) is 1. The van der Waals surface area contributed by atoms with Crippen molar-refractivity contribution < 1.29 is 14.6 Å². The Bertz CT molecular complexity index is 1220. The molecule has 4 heterocycles. The Kier molecular flexibility index (Phi) is 6.73. The molecule has 0 aliphatic carbocycles. The lowest BCUT2D eigenvalue weighted by Gasteiger charge is -2.32. The van der Waals surface area contributed by atoms with Crippen molar-refractivity contribution in [2.45, 2.75) is 41.7 Å². The number of H-pyrrole nitrogens is 1. The summed E-state index contributed by atoms with van der Waals surface area (Å²) in [5.74, 6) is 0.586. The van der Waals surface area contributed by atoms with Gasteiger partial charge in [0.15, 0.2) is 0 Å². The largest absolute Gasteiger partial charge is 0.395 e. The number of rotatable bonds is 7. The number of piperidine rings is 1. The number of methoxy groups -OCH3 is 1. The third-order valence-corrected chi connectivity index (χ3v) is 8.08. The molecule has 0 saturated carbocycles. The van der Waals surface area contributed by atoms with Gasteiger partial charge in [-0.1, -0.05) is 18.2 Å². The van der Waals surface area contributed by atoms with Crippen LogP contribution in [0.25, 0.3) is 10.9 Å². The first kappa shape index (κ1) is 23.1. The van der Waals surface area contributed by atoms with E-state index < -0.39 is 11.4 Å². The summed E-state index contributed by atoms with van der Waals surface area (Å²) in [6.07, 6.45) is 4.45. The molecule has 10 heteroatoms. The van der Waals surface area contributed by atoms with Crippen molar-refractivity contribution in [2.24, 2.45) is 0 Å². The Morgan fingerprint density at radius 2 is 2.12 bits per heavy atom. The van der Waals surface area contributed by atoms with Crippen LogP contribution in [0.15, 0.2) is 46.3 Å². The number of carbonyl (C=O) groups is 1. The van der Waals surface area contributed by atoms with Crippen LogP contribution in [-0.2, 0) is 16.1 Å². The predicted octanol–water partition coefficient (Wildman–Crippen LogP) is 1.51. The van der Waals surface area contributed by atoms with Crippen molar-refractivity contribution in [3.63, 3.8) is 0 Å². The Labute approximate surface area is 201 Å². The number of benzene rings is 1. The zero-order valence-corrected chi connectivity index (χ0v) is 19.9. The Balaban J connectivity index is 1.44. The molecule has 5 rings (SSSR count). The van der Waals surface area contributed by atoms with E-state index >= 15 is 0 Å². The van der Waals surface area contributed by atoms with Gasteiger partial charge in [0.05, 0.1) is 24.2 Å². The molecule has 180 valence electrons. The monoisotopic (exact) mass is 483 g/mol. The molecule has 1 amide bonds. The van der Waals surface area contributed by atoms with Crippen molar-refractivity contribution in [2.75, 3.05) is 33.4 Å².